The van der Waals surface area contributed by atoms with Gasteiger partial charge in [0.25, 0.3) is 0 Å². The minimum Gasteiger partial charge on any atom is -0.302 e. The Morgan fingerprint density at radius 1 is 1.67 bits per heavy atom. The van der Waals surface area contributed by atoms with Gasteiger partial charge in [0.15, 0.2) is 0 Å². The summed E-state index contributed by atoms with van der Waals surface area (Å²) >= 11 is 0. The SMILES string of the molecule is [CH2]CC(=O)C(C)(C)C=O. The molecule has 2 heteroatoms. The monoisotopic (exact) mass is 127 g/mol. The van der Waals surface area contributed by atoms with Gasteiger partial charge in [0, 0.05) is 6.42 Å². The minimum absolute atomic E-state index is 0.113. The van der Waals surface area contributed by atoms with Crippen LogP contribution in [0.1, 0.15) is 20.3 Å². The van der Waals surface area contributed by atoms with Gasteiger partial charge >= 0.3 is 0 Å². The Kier molecular flexibility index (Phi) is 2.56. The molecule has 0 spiro atoms. The van der Waals surface area contributed by atoms with Gasteiger partial charge in [0.05, 0.1) is 5.41 Å². The first-order valence-corrected chi connectivity index (χ1v) is 2.83. The van der Waals surface area contributed by atoms with Crippen LogP contribution in [0.25, 0.3) is 0 Å². The first-order valence-electron chi connectivity index (χ1n) is 2.83. The molecule has 0 aromatic carbocycles. The molecule has 0 aromatic heterocycles. The van der Waals surface area contributed by atoms with Gasteiger partial charge in [-0.3, -0.25) is 4.79 Å². The molecule has 0 heterocycles. The van der Waals surface area contributed by atoms with Crippen molar-refractivity contribution in [2.24, 2.45) is 5.41 Å². The number of hydrogen-bond donors (Lipinski definition) is 0. The molecule has 51 valence electrons. The van der Waals surface area contributed by atoms with Crippen molar-refractivity contribution >= 4 is 12.1 Å². The fourth-order valence-corrected chi connectivity index (χ4v) is 0.388. The molecule has 2 nitrogen and oxygen atoms in total. The topological polar surface area (TPSA) is 34.1 Å². The molecule has 0 aliphatic heterocycles. The van der Waals surface area contributed by atoms with Gasteiger partial charge in [-0.15, -0.1) is 0 Å². The number of Topliss-reactive ketones (excluding diaryl/α,β-unsaturated/α-hetero) is 1. The van der Waals surface area contributed by atoms with Crippen LogP contribution in [0.3, 0.4) is 0 Å². The smallest absolute Gasteiger partial charge is 0.145 e. The van der Waals surface area contributed by atoms with E-state index < -0.39 is 5.41 Å². The summed E-state index contributed by atoms with van der Waals surface area (Å²) in [5.74, 6) is -0.113. The van der Waals surface area contributed by atoms with E-state index in [-0.39, 0.29) is 12.2 Å². The summed E-state index contributed by atoms with van der Waals surface area (Å²) in [6, 6.07) is 0. The third-order valence-electron chi connectivity index (χ3n) is 1.24. The molecule has 0 saturated heterocycles. The first kappa shape index (κ1) is 8.34. The van der Waals surface area contributed by atoms with Crippen molar-refractivity contribution < 1.29 is 9.59 Å². The van der Waals surface area contributed by atoms with Crippen LogP contribution in [0, 0.1) is 12.3 Å². The standard InChI is InChI=1S/C7H11O2/c1-4-6(9)7(2,3)5-8/h5H,1,4H2,2-3H3. The van der Waals surface area contributed by atoms with Crippen molar-refractivity contribution in [3.8, 4) is 0 Å². The maximum atomic E-state index is 10.8. The van der Waals surface area contributed by atoms with Crippen molar-refractivity contribution in [1.82, 2.24) is 0 Å². The van der Waals surface area contributed by atoms with E-state index in [1.54, 1.807) is 13.8 Å². The van der Waals surface area contributed by atoms with E-state index >= 15 is 0 Å². The normalized spacial score (nSPS) is 11.0. The average molecular weight is 127 g/mol. The number of carbonyl (C=O) groups is 2. The summed E-state index contributed by atoms with van der Waals surface area (Å²) in [5, 5.41) is 0. The van der Waals surface area contributed by atoms with Crippen molar-refractivity contribution in [2.75, 3.05) is 0 Å². The number of aldehydes is 1. The van der Waals surface area contributed by atoms with E-state index in [4.69, 9.17) is 0 Å². The zero-order chi connectivity index (χ0) is 7.49. The molecule has 0 bridgehead atoms. The summed E-state index contributed by atoms with van der Waals surface area (Å²) in [5.41, 5.74) is -0.832. The molecule has 0 amide bonds. The zero-order valence-corrected chi connectivity index (χ0v) is 5.81. The fraction of sp³-hybridized carbons (Fsp3) is 0.571. The lowest BCUT2D eigenvalue weighted by atomic mass is 9.89. The molecular formula is C7H11O2. The van der Waals surface area contributed by atoms with Gasteiger partial charge in [0.1, 0.15) is 12.1 Å². The molecule has 0 saturated carbocycles. The molecule has 0 fully saturated rings. The molecular weight excluding hydrogens is 116 g/mol. The summed E-state index contributed by atoms with van der Waals surface area (Å²) < 4.78 is 0. The second kappa shape index (κ2) is 2.76. The zero-order valence-electron chi connectivity index (χ0n) is 5.81. The van der Waals surface area contributed by atoms with E-state index in [0.717, 1.165) is 0 Å². The Labute approximate surface area is 55.3 Å². The average Bonchev–Trinajstić information content (AvgIpc) is 1.86. The van der Waals surface area contributed by atoms with Gasteiger partial charge in [-0.25, -0.2) is 0 Å². The van der Waals surface area contributed by atoms with Crippen molar-refractivity contribution in [2.45, 2.75) is 20.3 Å². The summed E-state index contributed by atoms with van der Waals surface area (Å²) in [6.07, 6.45) is 0.840. The molecule has 0 aliphatic carbocycles. The quantitative estimate of drug-likeness (QED) is 0.418. The second-order valence-corrected chi connectivity index (χ2v) is 2.51. The Hall–Kier alpha value is -0.660. The van der Waals surface area contributed by atoms with Crippen LogP contribution in [0.15, 0.2) is 0 Å². The number of carbonyl (C=O) groups excluding carboxylic acids is 2. The molecule has 0 aromatic rings. The fourth-order valence-electron chi connectivity index (χ4n) is 0.388. The molecule has 0 rings (SSSR count). The van der Waals surface area contributed by atoms with E-state index in [0.29, 0.717) is 6.29 Å². The Balaban J connectivity index is 4.14. The van der Waals surface area contributed by atoms with E-state index in [2.05, 4.69) is 6.92 Å². The highest BCUT2D eigenvalue weighted by molar-refractivity contribution is 5.97. The third kappa shape index (κ3) is 1.96. The lowest BCUT2D eigenvalue weighted by Gasteiger charge is -2.12. The summed E-state index contributed by atoms with van der Waals surface area (Å²) in [4.78, 5) is 20.9. The van der Waals surface area contributed by atoms with Crippen LogP contribution in [0.2, 0.25) is 0 Å². The number of rotatable bonds is 3. The highest BCUT2D eigenvalue weighted by Gasteiger charge is 2.24. The van der Waals surface area contributed by atoms with E-state index in [9.17, 15) is 9.59 Å². The second-order valence-electron chi connectivity index (χ2n) is 2.51. The van der Waals surface area contributed by atoms with Gasteiger partial charge in [-0.2, -0.15) is 0 Å². The summed E-state index contributed by atoms with van der Waals surface area (Å²) in [6.45, 7) is 6.57. The molecule has 0 N–H and O–H groups in total. The Morgan fingerprint density at radius 2 is 2.11 bits per heavy atom. The predicted octanol–water partition coefficient (Wildman–Crippen LogP) is 1.00. The van der Waals surface area contributed by atoms with E-state index in [1.807, 2.05) is 0 Å². The van der Waals surface area contributed by atoms with Crippen molar-refractivity contribution in [1.29, 1.82) is 0 Å². The largest absolute Gasteiger partial charge is 0.302 e. The molecule has 1 radical (unpaired) electrons. The molecule has 0 unspecified atom stereocenters. The molecule has 0 aliphatic rings. The third-order valence-corrected chi connectivity index (χ3v) is 1.24. The number of ketones is 1. The maximum Gasteiger partial charge on any atom is 0.145 e. The van der Waals surface area contributed by atoms with Crippen molar-refractivity contribution in [3.63, 3.8) is 0 Å². The summed E-state index contributed by atoms with van der Waals surface area (Å²) in [7, 11) is 0. The van der Waals surface area contributed by atoms with Crippen LogP contribution in [0.4, 0.5) is 0 Å². The lowest BCUT2D eigenvalue weighted by molar-refractivity contribution is -0.131. The van der Waals surface area contributed by atoms with Crippen LogP contribution in [-0.4, -0.2) is 12.1 Å². The Morgan fingerprint density at radius 3 is 2.22 bits per heavy atom. The maximum absolute atomic E-state index is 10.8. The number of hydrogen-bond acceptors (Lipinski definition) is 2. The van der Waals surface area contributed by atoms with Crippen LogP contribution < -0.4 is 0 Å². The lowest BCUT2D eigenvalue weighted by Crippen LogP contribution is -2.24. The van der Waals surface area contributed by atoms with Gasteiger partial charge in [-0.1, -0.05) is 0 Å². The molecule has 9 heavy (non-hydrogen) atoms. The van der Waals surface area contributed by atoms with Crippen molar-refractivity contribution in [3.05, 3.63) is 6.92 Å². The minimum atomic E-state index is -0.832. The van der Waals surface area contributed by atoms with Crippen LogP contribution in [0.5, 0.6) is 0 Å². The van der Waals surface area contributed by atoms with Crippen LogP contribution >= 0.6 is 0 Å². The first-order chi connectivity index (χ1) is 4.04. The van der Waals surface area contributed by atoms with Gasteiger partial charge in [0.2, 0.25) is 0 Å². The highest BCUT2D eigenvalue weighted by Crippen LogP contribution is 2.13. The van der Waals surface area contributed by atoms with Gasteiger partial charge < -0.3 is 4.79 Å². The Bertz CT molecular complexity index is 125. The highest BCUT2D eigenvalue weighted by atomic mass is 16.1. The van der Waals surface area contributed by atoms with Gasteiger partial charge in [-0.05, 0) is 20.8 Å². The van der Waals surface area contributed by atoms with E-state index in [1.165, 1.54) is 0 Å². The van der Waals surface area contributed by atoms with Crippen LogP contribution in [-0.2, 0) is 9.59 Å². The predicted molar refractivity (Wildman–Crippen MR) is 34.8 cm³/mol. The molecule has 0 atom stereocenters.